The third-order valence-electron chi connectivity index (χ3n) is 4.25. The number of aryl methyl sites for hydroxylation is 1. The molecule has 4 nitrogen and oxygen atoms in total. The Morgan fingerprint density at radius 1 is 1.38 bits per heavy atom. The van der Waals surface area contributed by atoms with Gasteiger partial charge < -0.3 is 5.32 Å². The fraction of sp³-hybridized carbons (Fsp3) is 0.750. The van der Waals surface area contributed by atoms with Crippen LogP contribution in [0.1, 0.15) is 18.7 Å². The highest BCUT2D eigenvalue weighted by atomic mass is 15.3. The van der Waals surface area contributed by atoms with Crippen LogP contribution in [-0.2, 0) is 7.05 Å². The van der Waals surface area contributed by atoms with Gasteiger partial charge in [0.05, 0.1) is 5.69 Å². The average molecular weight is 220 g/mol. The molecular formula is C12H20N4. The van der Waals surface area contributed by atoms with Crippen molar-refractivity contribution in [2.75, 3.05) is 26.2 Å². The minimum Gasteiger partial charge on any atom is -0.316 e. The van der Waals surface area contributed by atoms with Crippen LogP contribution in [0.4, 0.5) is 0 Å². The fourth-order valence-electron chi connectivity index (χ4n) is 3.19. The summed E-state index contributed by atoms with van der Waals surface area (Å²) < 4.78 is 2.00. The van der Waals surface area contributed by atoms with E-state index in [-0.39, 0.29) is 0 Å². The Morgan fingerprint density at radius 2 is 2.06 bits per heavy atom. The first kappa shape index (κ1) is 10.3. The number of hydrogen-bond donors (Lipinski definition) is 1. The van der Waals surface area contributed by atoms with Gasteiger partial charge in [0.2, 0.25) is 0 Å². The molecular weight excluding hydrogens is 200 g/mol. The van der Waals surface area contributed by atoms with Crippen LogP contribution >= 0.6 is 0 Å². The Morgan fingerprint density at radius 3 is 2.62 bits per heavy atom. The molecule has 0 amide bonds. The van der Waals surface area contributed by atoms with Crippen molar-refractivity contribution in [2.24, 2.45) is 18.9 Å². The standard InChI is InChI=1S/C12H20N4/c1-9(12-3-4-14-15(12)2)16-7-10-5-13-6-11(10)8-16/h3-4,9-11,13H,5-8H2,1-2H3. The van der Waals surface area contributed by atoms with E-state index < -0.39 is 0 Å². The number of nitrogens with one attached hydrogen (secondary N) is 1. The summed E-state index contributed by atoms with van der Waals surface area (Å²) in [4.78, 5) is 2.60. The smallest absolute Gasteiger partial charge is 0.0549 e. The van der Waals surface area contributed by atoms with Crippen LogP contribution in [0.5, 0.6) is 0 Å². The summed E-state index contributed by atoms with van der Waals surface area (Å²) in [6.45, 7) is 7.19. The van der Waals surface area contributed by atoms with Crippen molar-refractivity contribution < 1.29 is 0 Å². The van der Waals surface area contributed by atoms with E-state index in [2.05, 4.69) is 28.3 Å². The second-order valence-corrected chi connectivity index (χ2v) is 5.19. The molecule has 3 heterocycles. The van der Waals surface area contributed by atoms with Crippen molar-refractivity contribution in [2.45, 2.75) is 13.0 Å². The summed E-state index contributed by atoms with van der Waals surface area (Å²) in [6.07, 6.45) is 1.89. The van der Waals surface area contributed by atoms with E-state index in [4.69, 9.17) is 0 Å². The third-order valence-corrected chi connectivity index (χ3v) is 4.25. The van der Waals surface area contributed by atoms with Gasteiger partial charge in [-0.3, -0.25) is 9.58 Å². The van der Waals surface area contributed by atoms with E-state index in [0.717, 1.165) is 11.8 Å². The monoisotopic (exact) mass is 220 g/mol. The highest BCUT2D eigenvalue weighted by Gasteiger charge is 2.38. The zero-order valence-electron chi connectivity index (χ0n) is 10.1. The molecule has 2 aliphatic rings. The van der Waals surface area contributed by atoms with Gasteiger partial charge in [-0.05, 0) is 37.9 Å². The van der Waals surface area contributed by atoms with Crippen molar-refractivity contribution in [3.63, 3.8) is 0 Å². The Labute approximate surface area is 96.6 Å². The van der Waals surface area contributed by atoms with E-state index in [9.17, 15) is 0 Å². The first-order valence-electron chi connectivity index (χ1n) is 6.18. The molecule has 2 fully saturated rings. The molecule has 3 rings (SSSR count). The van der Waals surface area contributed by atoms with Crippen molar-refractivity contribution in [3.8, 4) is 0 Å². The van der Waals surface area contributed by atoms with E-state index in [0.29, 0.717) is 6.04 Å². The Balaban J connectivity index is 1.73. The average Bonchev–Trinajstić information content (AvgIpc) is 2.89. The molecule has 4 heteroatoms. The zero-order chi connectivity index (χ0) is 11.1. The van der Waals surface area contributed by atoms with E-state index in [1.165, 1.54) is 31.9 Å². The van der Waals surface area contributed by atoms with Gasteiger partial charge in [0, 0.05) is 32.4 Å². The van der Waals surface area contributed by atoms with Crippen molar-refractivity contribution in [1.82, 2.24) is 20.0 Å². The van der Waals surface area contributed by atoms with Gasteiger partial charge in [0.1, 0.15) is 0 Å². The van der Waals surface area contributed by atoms with Gasteiger partial charge in [-0.1, -0.05) is 0 Å². The maximum Gasteiger partial charge on any atom is 0.0549 e. The molecule has 16 heavy (non-hydrogen) atoms. The molecule has 3 atom stereocenters. The number of likely N-dealkylation sites (tertiary alicyclic amines) is 1. The minimum absolute atomic E-state index is 0.498. The summed E-state index contributed by atoms with van der Waals surface area (Å²) in [5, 5.41) is 7.74. The van der Waals surface area contributed by atoms with Gasteiger partial charge in [0.25, 0.3) is 0 Å². The summed E-state index contributed by atoms with van der Waals surface area (Å²) in [5.74, 6) is 1.74. The quantitative estimate of drug-likeness (QED) is 0.793. The lowest BCUT2D eigenvalue weighted by atomic mass is 10.0. The SMILES string of the molecule is CC(c1ccnn1C)N1CC2CNCC2C1. The predicted molar refractivity (Wildman–Crippen MR) is 63.0 cm³/mol. The maximum atomic E-state index is 4.26. The molecule has 0 radical (unpaired) electrons. The van der Waals surface area contributed by atoms with Gasteiger partial charge >= 0.3 is 0 Å². The topological polar surface area (TPSA) is 33.1 Å². The molecule has 3 unspecified atom stereocenters. The van der Waals surface area contributed by atoms with Gasteiger partial charge in [-0.15, -0.1) is 0 Å². The van der Waals surface area contributed by atoms with Gasteiger partial charge in [-0.2, -0.15) is 5.10 Å². The first-order chi connectivity index (χ1) is 7.75. The summed E-state index contributed by atoms with van der Waals surface area (Å²) in [7, 11) is 2.03. The van der Waals surface area contributed by atoms with Crippen LogP contribution in [-0.4, -0.2) is 40.9 Å². The second kappa shape index (κ2) is 3.86. The lowest BCUT2D eigenvalue weighted by Gasteiger charge is -2.25. The van der Waals surface area contributed by atoms with Gasteiger partial charge in [0.15, 0.2) is 0 Å². The van der Waals surface area contributed by atoms with Crippen LogP contribution in [0.3, 0.4) is 0 Å². The molecule has 1 N–H and O–H groups in total. The minimum atomic E-state index is 0.498. The zero-order valence-corrected chi connectivity index (χ0v) is 10.1. The number of hydrogen-bond acceptors (Lipinski definition) is 3. The van der Waals surface area contributed by atoms with Gasteiger partial charge in [-0.25, -0.2) is 0 Å². The van der Waals surface area contributed by atoms with Crippen LogP contribution in [0.2, 0.25) is 0 Å². The Hall–Kier alpha value is -0.870. The summed E-state index contributed by atoms with van der Waals surface area (Å²) in [6, 6.07) is 2.63. The molecule has 1 aromatic heterocycles. The van der Waals surface area contributed by atoms with Crippen molar-refractivity contribution in [1.29, 1.82) is 0 Å². The maximum absolute atomic E-state index is 4.26. The first-order valence-corrected chi connectivity index (χ1v) is 6.18. The molecule has 1 aromatic rings. The molecule has 0 saturated carbocycles. The molecule has 0 spiro atoms. The molecule has 2 saturated heterocycles. The normalized spacial score (nSPS) is 31.9. The summed E-state index contributed by atoms with van der Waals surface area (Å²) in [5.41, 5.74) is 1.33. The second-order valence-electron chi connectivity index (χ2n) is 5.19. The third kappa shape index (κ3) is 1.57. The molecule has 88 valence electrons. The number of fused-ring (bicyclic) bond motifs is 1. The van der Waals surface area contributed by atoms with Crippen molar-refractivity contribution >= 4 is 0 Å². The van der Waals surface area contributed by atoms with E-state index in [1.54, 1.807) is 0 Å². The largest absolute Gasteiger partial charge is 0.316 e. The lowest BCUT2D eigenvalue weighted by molar-refractivity contribution is 0.235. The summed E-state index contributed by atoms with van der Waals surface area (Å²) >= 11 is 0. The molecule has 0 aromatic carbocycles. The van der Waals surface area contributed by atoms with Crippen LogP contribution < -0.4 is 5.32 Å². The van der Waals surface area contributed by atoms with Crippen LogP contribution in [0, 0.1) is 11.8 Å². The fourth-order valence-corrected chi connectivity index (χ4v) is 3.19. The van der Waals surface area contributed by atoms with Crippen LogP contribution in [0.25, 0.3) is 0 Å². The molecule has 2 aliphatic heterocycles. The van der Waals surface area contributed by atoms with Crippen LogP contribution in [0.15, 0.2) is 12.3 Å². The molecule has 0 aliphatic carbocycles. The highest BCUT2D eigenvalue weighted by molar-refractivity contribution is 5.07. The highest BCUT2D eigenvalue weighted by Crippen LogP contribution is 2.32. The number of nitrogens with zero attached hydrogens (tertiary/aromatic N) is 3. The Bertz CT molecular complexity index is 361. The van der Waals surface area contributed by atoms with E-state index in [1.807, 2.05) is 17.9 Å². The lowest BCUT2D eigenvalue weighted by Crippen LogP contribution is -2.29. The van der Waals surface area contributed by atoms with E-state index >= 15 is 0 Å². The van der Waals surface area contributed by atoms with Crippen molar-refractivity contribution in [3.05, 3.63) is 18.0 Å². The molecule has 0 bridgehead atoms. The number of aromatic nitrogens is 2. The Kier molecular flexibility index (Phi) is 2.48. The number of rotatable bonds is 2. The predicted octanol–water partition coefficient (Wildman–Crippen LogP) is 0.632.